The van der Waals surface area contributed by atoms with Crippen LogP contribution in [-0.2, 0) is 18.0 Å². The third-order valence-corrected chi connectivity index (χ3v) is 2.06. The van der Waals surface area contributed by atoms with E-state index in [0.717, 1.165) is 11.1 Å². The Kier molecular flexibility index (Phi) is 1.70. The van der Waals surface area contributed by atoms with Gasteiger partial charge in [0.15, 0.2) is 0 Å². The van der Waals surface area contributed by atoms with Gasteiger partial charge in [-0.3, -0.25) is 0 Å². The summed E-state index contributed by atoms with van der Waals surface area (Å²) in [7, 11) is 0. The Morgan fingerprint density at radius 3 is 2.54 bits per heavy atom. The molecular weight excluding hydrogens is 172 g/mol. The van der Waals surface area contributed by atoms with Crippen molar-refractivity contribution >= 4 is 5.97 Å². The molecule has 0 bridgehead atoms. The van der Waals surface area contributed by atoms with Crippen LogP contribution in [0, 0.1) is 0 Å². The first kappa shape index (κ1) is 8.07. The molecule has 2 N–H and O–H groups in total. The van der Waals surface area contributed by atoms with Crippen molar-refractivity contribution in [2.24, 2.45) is 0 Å². The Morgan fingerprint density at radius 2 is 1.92 bits per heavy atom. The third-order valence-electron chi connectivity index (χ3n) is 2.06. The molecule has 4 heteroatoms. The highest BCUT2D eigenvalue weighted by molar-refractivity contribution is 5.91. The largest absolute Gasteiger partial charge is 0.507 e. The molecule has 0 atom stereocenters. The van der Waals surface area contributed by atoms with Crippen LogP contribution >= 0.6 is 0 Å². The summed E-state index contributed by atoms with van der Waals surface area (Å²) in [4.78, 5) is 10.6. The number of benzene rings is 1. The Balaban J connectivity index is 2.55. The first-order valence-electron chi connectivity index (χ1n) is 3.84. The van der Waals surface area contributed by atoms with Crippen LogP contribution in [0.5, 0.6) is 5.75 Å². The fourth-order valence-electron chi connectivity index (χ4n) is 1.39. The number of phenols is 1. The average molecular weight is 180 g/mol. The predicted molar refractivity (Wildman–Crippen MR) is 43.6 cm³/mol. The highest BCUT2D eigenvalue weighted by Gasteiger charge is 2.17. The average Bonchev–Trinajstić information content (AvgIpc) is 2.48. The highest BCUT2D eigenvalue weighted by Crippen LogP contribution is 2.27. The molecule has 1 aliphatic rings. The van der Waals surface area contributed by atoms with Crippen LogP contribution in [0.2, 0.25) is 0 Å². The van der Waals surface area contributed by atoms with E-state index in [1.807, 2.05) is 0 Å². The van der Waals surface area contributed by atoms with Gasteiger partial charge in [0.1, 0.15) is 11.3 Å². The van der Waals surface area contributed by atoms with Gasteiger partial charge in [0.05, 0.1) is 13.2 Å². The summed E-state index contributed by atoms with van der Waals surface area (Å²) in [5, 5.41) is 18.0. The van der Waals surface area contributed by atoms with Gasteiger partial charge >= 0.3 is 5.97 Å². The zero-order chi connectivity index (χ0) is 9.42. The van der Waals surface area contributed by atoms with Gasteiger partial charge in [-0.25, -0.2) is 4.79 Å². The van der Waals surface area contributed by atoms with Crippen molar-refractivity contribution in [3.05, 3.63) is 28.8 Å². The van der Waals surface area contributed by atoms with Crippen molar-refractivity contribution in [3.8, 4) is 5.75 Å². The molecule has 0 spiro atoms. The zero-order valence-electron chi connectivity index (χ0n) is 6.78. The minimum atomic E-state index is -1.12. The number of hydrogen-bond acceptors (Lipinski definition) is 3. The molecule has 0 unspecified atom stereocenters. The lowest BCUT2D eigenvalue weighted by Crippen LogP contribution is -1.98. The number of aromatic carboxylic acids is 1. The van der Waals surface area contributed by atoms with Gasteiger partial charge in [-0.1, -0.05) is 0 Å². The second-order valence-corrected chi connectivity index (χ2v) is 2.94. The van der Waals surface area contributed by atoms with Crippen molar-refractivity contribution in [2.45, 2.75) is 13.2 Å². The molecule has 0 aromatic heterocycles. The van der Waals surface area contributed by atoms with E-state index >= 15 is 0 Å². The Labute approximate surface area is 74.4 Å². The molecule has 0 amide bonds. The summed E-state index contributed by atoms with van der Waals surface area (Å²) in [6.07, 6.45) is 0. The maximum Gasteiger partial charge on any atom is 0.339 e. The maximum atomic E-state index is 10.6. The van der Waals surface area contributed by atoms with Gasteiger partial charge in [0, 0.05) is 0 Å². The molecule has 1 aromatic rings. The topological polar surface area (TPSA) is 66.8 Å². The first-order valence-corrected chi connectivity index (χ1v) is 3.84. The molecule has 0 aliphatic carbocycles. The van der Waals surface area contributed by atoms with Crippen LogP contribution in [0.4, 0.5) is 0 Å². The number of aromatic hydroxyl groups is 1. The fraction of sp³-hybridized carbons (Fsp3) is 0.222. The number of hydrogen-bond donors (Lipinski definition) is 2. The molecule has 1 heterocycles. The summed E-state index contributed by atoms with van der Waals surface area (Å²) in [6, 6.07) is 2.91. The van der Waals surface area contributed by atoms with E-state index in [4.69, 9.17) is 9.84 Å². The molecular formula is C9H8O4. The lowest BCUT2D eigenvalue weighted by Gasteiger charge is -2.02. The molecule has 4 nitrogen and oxygen atoms in total. The SMILES string of the molecule is O=C(O)c1cc2c(cc1O)COC2. The number of carboxylic acids is 1. The van der Waals surface area contributed by atoms with E-state index in [1.54, 1.807) is 0 Å². The molecule has 13 heavy (non-hydrogen) atoms. The van der Waals surface area contributed by atoms with Crippen LogP contribution in [0.15, 0.2) is 12.1 Å². The van der Waals surface area contributed by atoms with Crippen LogP contribution < -0.4 is 0 Å². The van der Waals surface area contributed by atoms with E-state index in [-0.39, 0.29) is 11.3 Å². The molecule has 0 saturated carbocycles. The first-order chi connectivity index (χ1) is 6.18. The number of carboxylic acid groups (broad SMARTS) is 1. The van der Waals surface area contributed by atoms with Crippen molar-refractivity contribution in [1.29, 1.82) is 0 Å². The number of fused-ring (bicyclic) bond motifs is 1. The van der Waals surface area contributed by atoms with Crippen LogP contribution in [0.25, 0.3) is 0 Å². The van der Waals surface area contributed by atoms with E-state index in [1.165, 1.54) is 12.1 Å². The molecule has 68 valence electrons. The lowest BCUT2D eigenvalue weighted by atomic mass is 10.1. The van der Waals surface area contributed by atoms with Gasteiger partial charge < -0.3 is 14.9 Å². The van der Waals surface area contributed by atoms with E-state index in [0.29, 0.717) is 13.2 Å². The van der Waals surface area contributed by atoms with Gasteiger partial charge in [0.25, 0.3) is 0 Å². The van der Waals surface area contributed by atoms with Gasteiger partial charge in [-0.15, -0.1) is 0 Å². The van der Waals surface area contributed by atoms with Crippen molar-refractivity contribution in [3.63, 3.8) is 0 Å². The zero-order valence-corrected chi connectivity index (χ0v) is 6.78. The second-order valence-electron chi connectivity index (χ2n) is 2.94. The highest BCUT2D eigenvalue weighted by atomic mass is 16.5. The van der Waals surface area contributed by atoms with Gasteiger partial charge in [-0.2, -0.15) is 0 Å². The number of rotatable bonds is 1. The predicted octanol–water partition coefficient (Wildman–Crippen LogP) is 1.12. The number of ether oxygens (including phenoxy) is 1. The normalized spacial score (nSPS) is 14.2. The van der Waals surface area contributed by atoms with E-state index in [9.17, 15) is 9.90 Å². The maximum absolute atomic E-state index is 10.6. The minimum absolute atomic E-state index is 0.0655. The Bertz CT molecular complexity index is 370. The Hall–Kier alpha value is -1.55. The van der Waals surface area contributed by atoms with Crippen LogP contribution in [-0.4, -0.2) is 16.2 Å². The Morgan fingerprint density at radius 1 is 1.31 bits per heavy atom. The van der Waals surface area contributed by atoms with Gasteiger partial charge in [-0.05, 0) is 23.3 Å². The second kappa shape index (κ2) is 2.74. The van der Waals surface area contributed by atoms with Gasteiger partial charge in [0.2, 0.25) is 0 Å². The summed E-state index contributed by atoms with van der Waals surface area (Å²) in [5.74, 6) is -1.32. The molecule has 1 aromatic carbocycles. The third kappa shape index (κ3) is 1.25. The molecule has 0 saturated heterocycles. The van der Waals surface area contributed by atoms with Crippen LogP contribution in [0.1, 0.15) is 21.5 Å². The molecule has 1 aliphatic heterocycles. The van der Waals surface area contributed by atoms with E-state index in [2.05, 4.69) is 0 Å². The summed E-state index contributed by atoms with van der Waals surface area (Å²) in [5.41, 5.74) is 1.64. The molecule has 0 radical (unpaired) electrons. The van der Waals surface area contributed by atoms with Crippen molar-refractivity contribution < 1.29 is 19.7 Å². The van der Waals surface area contributed by atoms with Crippen molar-refractivity contribution in [1.82, 2.24) is 0 Å². The van der Waals surface area contributed by atoms with Crippen molar-refractivity contribution in [2.75, 3.05) is 0 Å². The monoisotopic (exact) mass is 180 g/mol. The summed E-state index contributed by atoms with van der Waals surface area (Å²) in [6.45, 7) is 0.874. The van der Waals surface area contributed by atoms with E-state index < -0.39 is 5.97 Å². The minimum Gasteiger partial charge on any atom is -0.507 e. The smallest absolute Gasteiger partial charge is 0.339 e. The van der Waals surface area contributed by atoms with Crippen LogP contribution in [0.3, 0.4) is 0 Å². The number of carbonyl (C=O) groups is 1. The summed E-state index contributed by atoms with van der Waals surface area (Å²) < 4.78 is 5.10. The lowest BCUT2D eigenvalue weighted by molar-refractivity contribution is 0.0693. The fourth-order valence-corrected chi connectivity index (χ4v) is 1.39. The quantitative estimate of drug-likeness (QED) is 0.679. The standard InChI is InChI=1S/C9H8O4/c10-8-2-6-4-13-3-5(6)1-7(8)9(11)12/h1-2,10H,3-4H2,(H,11,12). The molecule has 2 rings (SSSR count). The molecule has 0 fully saturated rings. The summed E-state index contributed by atoms with van der Waals surface area (Å²) >= 11 is 0.